The number of alkyl halides is 3. The van der Waals surface area contributed by atoms with E-state index in [0.29, 0.717) is 19.4 Å². The van der Waals surface area contributed by atoms with Crippen molar-refractivity contribution < 1.29 is 31.9 Å². The number of benzene rings is 2. The van der Waals surface area contributed by atoms with Gasteiger partial charge in [0.2, 0.25) is 5.91 Å². The predicted octanol–water partition coefficient (Wildman–Crippen LogP) is 5.44. The van der Waals surface area contributed by atoms with E-state index in [2.05, 4.69) is 5.32 Å². The molecule has 2 fully saturated rings. The van der Waals surface area contributed by atoms with Crippen LogP contribution < -0.4 is 5.32 Å². The smallest absolute Gasteiger partial charge is 0.356 e. The minimum atomic E-state index is -5.00. The summed E-state index contributed by atoms with van der Waals surface area (Å²) in [6.45, 7) is 6.30. The van der Waals surface area contributed by atoms with Crippen LogP contribution in [0, 0.1) is 11.2 Å². The summed E-state index contributed by atoms with van der Waals surface area (Å²) in [4.78, 5) is 27.2. The van der Waals surface area contributed by atoms with Crippen molar-refractivity contribution in [1.29, 1.82) is 0 Å². The summed E-state index contributed by atoms with van der Waals surface area (Å²) < 4.78 is 62.6. The van der Waals surface area contributed by atoms with Crippen molar-refractivity contribution in [2.45, 2.75) is 63.1 Å². The Hall–Kier alpha value is -2.94. The molecule has 2 amide bonds. The third kappa shape index (κ3) is 4.93. The number of hydrogen-bond donors (Lipinski definition) is 1. The molecule has 1 spiro atoms. The van der Waals surface area contributed by atoms with Crippen molar-refractivity contribution in [1.82, 2.24) is 10.2 Å². The van der Waals surface area contributed by atoms with Crippen LogP contribution in [0.3, 0.4) is 0 Å². The summed E-state index contributed by atoms with van der Waals surface area (Å²) in [5.74, 6) is -1.81. The second-order valence-electron chi connectivity index (χ2n) is 11.4. The number of piperidine rings is 2. The lowest BCUT2D eigenvalue weighted by Crippen LogP contribution is -2.60. The van der Waals surface area contributed by atoms with Gasteiger partial charge in [-0.05, 0) is 46.9 Å². The molecular formula is C29H34F4N2O3. The average Bonchev–Trinajstić information content (AvgIpc) is 2.85. The van der Waals surface area contributed by atoms with Crippen LogP contribution in [0.5, 0.6) is 0 Å². The molecule has 0 aliphatic carbocycles. The van der Waals surface area contributed by atoms with Crippen molar-refractivity contribution in [2.75, 3.05) is 26.7 Å². The van der Waals surface area contributed by atoms with Gasteiger partial charge in [0, 0.05) is 44.6 Å². The molecule has 4 rings (SSSR count). The molecule has 9 heteroatoms. The van der Waals surface area contributed by atoms with E-state index in [1.807, 2.05) is 20.8 Å². The number of amides is 2. The summed E-state index contributed by atoms with van der Waals surface area (Å²) in [5, 5.41) is 2.86. The highest BCUT2D eigenvalue weighted by molar-refractivity contribution is 5.88. The van der Waals surface area contributed by atoms with E-state index >= 15 is 0 Å². The molecule has 2 atom stereocenters. The predicted molar refractivity (Wildman–Crippen MR) is 135 cm³/mol. The van der Waals surface area contributed by atoms with E-state index in [1.54, 1.807) is 24.3 Å². The Bertz CT molecular complexity index is 1160. The van der Waals surface area contributed by atoms with Crippen LogP contribution in [0.4, 0.5) is 17.6 Å². The maximum absolute atomic E-state index is 14.7. The lowest BCUT2D eigenvalue weighted by atomic mass is 9.62. The normalized spacial score (nSPS) is 21.6. The van der Waals surface area contributed by atoms with Gasteiger partial charge >= 0.3 is 6.18 Å². The Kier molecular flexibility index (Phi) is 7.38. The van der Waals surface area contributed by atoms with Gasteiger partial charge in [-0.3, -0.25) is 9.59 Å². The second kappa shape index (κ2) is 9.98. The van der Waals surface area contributed by atoms with Crippen LogP contribution in [0.25, 0.3) is 0 Å². The van der Waals surface area contributed by atoms with Crippen molar-refractivity contribution in [3.63, 3.8) is 0 Å². The number of nitrogens with zero attached hydrogens (tertiary/aromatic N) is 1. The van der Waals surface area contributed by atoms with Gasteiger partial charge < -0.3 is 15.0 Å². The summed E-state index contributed by atoms with van der Waals surface area (Å²) in [5.41, 5.74) is -2.54. The third-order valence-corrected chi connectivity index (χ3v) is 8.24. The van der Waals surface area contributed by atoms with E-state index in [4.69, 9.17) is 4.74 Å². The van der Waals surface area contributed by atoms with Crippen LogP contribution in [0.1, 0.15) is 62.6 Å². The van der Waals surface area contributed by atoms with E-state index in [0.717, 1.165) is 18.2 Å². The molecule has 2 saturated heterocycles. The number of likely N-dealkylation sites (tertiary alicyclic amines) is 1. The number of carbonyl (C=O) groups is 2. The molecule has 2 aliphatic rings. The molecule has 5 nitrogen and oxygen atoms in total. The Morgan fingerprint density at radius 2 is 1.53 bits per heavy atom. The quantitative estimate of drug-likeness (QED) is 0.532. The first-order chi connectivity index (χ1) is 17.7. The minimum Gasteiger partial charge on any atom is -0.356 e. The largest absolute Gasteiger partial charge is 0.430 e. The maximum Gasteiger partial charge on any atom is 0.430 e. The van der Waals surface area contributed by atoms with E-state index in [9.17, 15) is 27.2 Å². The van der Waals surface area contributed by atoms with Crippen LogP contribution in [-0.2, 0) is 25.3 Å². The number of carbonyl (C=O) groups excluding carboxylic acids is 2. The molecule has 0 saturated carbocycles. The zero-order valence-corrected chi connectivity index (χ0v) is 22.1. The van der Waals surface area contributed by atoms with Gasteiger partial charge in [-0.2, -0.15) is 13.2 Å². The summed E-state index contributed by atoms with van der Waals surface area (Å²) in [6.07, 6.45) is -4.12. The molecule has 0 unspecified atom stereocenters. The molecule has 0 bridgehead atoms. The summed E-state index contributed by atoms with van der Waals surface area (Å²) >= 11 is 0. The molecule has 1 N–H and O–H groups in total. The van der Waals surface area contributed by atoms with Crippen molar-refractivity contribution >= 4 is 11.8 Å². The first kappa shape index (κ1) is 28.1. The monoisotopic (exact) mass is 534 g/mol. The molecule has 2 aromatic carbocycles. The molecule has 0 radical (unpaired) electrons. The number of hydrogen-bond acceptors (Lipinski definition) is 3. The molecule has 0 aromatic heterocycles. The third-order valence-electron chi connectivity index (χ3n) is 8.24. The topological polar surface area (TPSA) is 58.6 Å². The molecule has 206 valence electrons. The zero-order valence-electron chi connectivity index (χ0n) is 22.1. The van der Waals surface area contributed by atoms with Crippen LogP contribution in [-0.4, -0.2) is 49.6 Å². The lowest BCUT2D eigenvalue weighted by Gasteiger charge is -2.50. The first-order valence-corrected chi connectivity index (χ1v) is 12.8. The molecule has 2 aliphatic heterocycles. The molecule has 38 heavy (non-hydrogen) atoms. The highest BCUT2D eigenvalue weighted by Crippen LogP contribution is 2.50. The Morgan fingerprint density at radius 3 is 2.03 bits per heavy atom. The SMILES string of the molecule is CO[C@@](C(=O)N1CCC2(CC1)CC(=O)NC[C@H]2c1ccc(F)cc1)(c1ccc(C(C)(C)C)cc1)C(F)(F)F. The van der Waals surface area contributed by atoms with Gasteiger partial charge in [0.05, 0.1) is 0 Å². The van der Waals surface area contributed by atoms with E-state index < -0.39 is 23.1 Å². The standard InChI is InChI=1S/C29H34F4N2O3/c1-26(2,3)20-7-9-21(10-8-20)28(38-4,29(31,32)33)25(37)35-15-13-27(14-16-35)17-24(36)34-18-23(27)19-5-11-22(30)12-6-19/h5-12,23H,13-18H2,1-4H3,(H,34,36)/t23-,28+/m0/s1. The zero-order chi connectivity index (χ0) is 27.9. The highest BCUT2D eigenvalue weighted by Gasteiger charge is 2.64. The Morgan fingerprint density at radius 1 is 0.974 bits per heavy atom. The molecule has 2 aromatic rings. The number of methoxy groups -OCH3 is 1. The van der Waals surface area contributed by atoms with Gasteiger partial charge in [0.1, 0.15) is 5.82 Å². The number of nitrogens with one attached hydrogen (secondary N) is 1. The van der Waals surface area contributed by atoms with Gasteiger partial charge in [-0.1, -0.05) is 57.2 Å². The fourth-order valence-electron chi connectivity index (χ4n) is 5.94. The second-order valence-corrected chi connectivity index (χ2v) is 11.4. The van der Waals surface area contributed by atoms with Crippen molar-refractivity contribution in [3.05, 3.63) is 71.0 Å². The van der Waals surface area contributed by atoms with Crippen LogP contribution in [0.2, 0.25) is 0 Å². The maximum atomic E-state index is 14.7. The van der Waals surface area contributed by atoms with Crippen molar-refractivity contribution in [2.24, 2.45) is 5.41 Å². The highest BCUT2D eigenvalue weighted by atomic mass is 19.4. The first-order valence-electron chi connectivity index (χ1n) is 12.8. The number of halogens is 4. The Labute approximate surface area is 220 Å². The average molecular weight is 535 g/mol. The summed E-state index contributed by atoms with van der Waals surface area (Å²) in [6, 6.07) is 11.9. The van der Waals surface area contributed by atoms with Gasteiger partial charge in [0.15, 0.2) is 0 Å². The molecular weight excluding hydrogens is 500 g/mol. The van der Waals surface area contributed by atoms with Gasteiger partial charge in [-0.15, -0.1) is 0 Å². The minimum absolute atomic E-state index is 0.0467. The van der Waals surface area contributed by atoms with Crippen molar-refractivity contribution in [3.8, 4) is 0 Å². The Balaban J connectivity index is 1.63. The van der Waals surface area contributed by atoms with E-state index in [-0.39, 0.29) is 48.1 Å². The lowest BCUT2D eigenvalue weighted by molar-refractivity contribution is -0.271. The van der Waals surface area contributed by atoms with Crippen LogP contribution >= 0.6 is 0 Å². The number of ether oxygens (including phenoxy) is 1. The van der Waals surface area contributed by atoms with Gasteiger partial charge in [0.25, 0.3) is 11.5 Å². The van der Waals surface area contributed by atoms with Gasteiger partial charge in [-0.25, -0.2) is 4.39 Å². The molecule has 2 heterocycles. The van der Waals surface area contributed by atoms with Crippen LogP contribution in [0.15, 0.2) is 48.5 Å². The fourth-order valence-corrected chi connectivity index (χ4v) is 5.94. The summed E-state index contributed by atoms with van der Waals surface area (Å²) in [7, 11) is 0.907. The van der Waals surface area contributed by atoms with E-state index in [1.165, 1.54) is 29.2 Å². The fraction of sp³-hybridized carbons (Fsp3) is 0.517. The number of rotatable bonds is 4.